The number of anilines is 2. The topological polar surface area (TPSA) is 44.8 Å². The molecule has 2 aromatic rings. The van der Waals surface area contributed by atoms with Crippen molar-refractivity contribution in [2.75, 3.05) is 49.5 Å². The molecule has 1 saturated heterocycles. The van der Waals surface area contributed by atoms with Gasteiger partial charge in [0.2, 0.25) is 5.91 Å². The smallest absolute Gasteiger partial charge is 0.227 e. The van der Waals surface area contributed by atoms with Crippen molar-refractivity contribution in [1.29, 1.82) is 0 Å². The second-order valence-electron chi connectivity index (χ2n) is 7.35. The monoisotopic (exact) mass is 381 g/mol. The Bertz CT molecular complexity index is 798. The molecule has 1 fully saturated rings. The fraction of sp³-hybridized carbons (Fsp3) is 0.435. The van der Waals surface area contributed by atoms with Crippen LogP contribution in [0.15, 0.2) is 42.5 Å². The largest absolute Gasteiger partial charge is 0.493 e. The van der Waals surface area contributed by atoms with Crippen LogP contribution in [0.4, 0.5) is 11.4 Å². The molecule has 0 radical (unpaired) electrons. The molecule has 0 unspecified atom stereocenters. The lowest BCUT2D eigenvalue weighted by Crippen LogP contribution is -2.46. The summed E-state index contributed by atoms with van der Waals surface area (Å²) < 4.78 is 5.82. The van der Waals surface area contributed by atoms with Crippen molar-refractivity contribution in [3.05, 3.63) is 53.6 Å². The van der Waals surface area contributed by atoms with Crippen LogP contribution in [0.3, 0.4) is 0 Å². The molecule has 2 aromatic carbocycles. The molecule has 1 heterocycles. The van der Waals surface area contributed by atoms with E-state index in [9.17, 15) is 4.79 Å². The number of para-hydroxylation sites is 2. The van der Waals surface area contributed by atoms with Gasteiger partial charge in [-0.1, -0.05) is 31.2 Å². The van der Waals surface area contributed by atoms with Crippen LogP contribution in [0.5, 0.6) is 5.75 Å². The molecular weight excluding hydrogens is 350 g/mol. The highest BCUT2D eigenvalue weighted by molar-refractivity contribution is 5.94. The summed E-state index contributed by atoms with van der Waals surface area (Å²) in [6.07, 6.45) is 0.325. The van der Waals surface area contributed by atoms with Gasteiger partial charge in [0.1, 0.15) is 5.75 Å². The average molecular weight is 382 g/mol. The summed E-state index contributed by atoms with van der Waals surface area (Å²) in [5.74, 6) is 0.826. The van der Waals surface area contributed by atoms with E-state index >= 15 is 0 Å². The van der Waals surface area contributed by atoms with Gasteiger partial charge < -0.3 is 19.9 Å². The zero-order valence-electron chi connectivity index (χ0n) is 17.2. The Balaban J connectivity index is 1.55. The molecule has 5 heteroatoms. The highest BCUT2D eigenvalue weighted by atomic mass is 16.5. The Morgan fingerprint density at radius 2 is 1.82 bits per heavy atom. The van der Waals surface area contributed by atoms with E-state index in [2.05, 4.69) is 34.2 Å². The van der Waals surface area contributed by atoms with E-state index in [1.54, 1.807) is 0 Å². The number of nitrogens with one attached hydrogen (secondary N) is 1. The van der Waals surface area contributed by atoms with Crippen LogP contribution in [0.25, 0.3) is 0 Å². The molecule has 0 aliphatic carbocycles. The van der Waals surface area contributed by atoms with Crippen LogP contribution < -0.4 is 15.0 Å². The molecule has 28 heavy (non-hydrogen) atoms. The lowest BCUT2D eigenvalue weighted by molar-refractivity contribution is -0.116. The number of carbonyl (C=O) groups is 1. The Morgan fingerprint density at radius 3 is 2.57 bits per heavy atom. The number of carbonyl (C=O) groups excluding carboxylic acids is 1. The summed E-state index contributed by atoms with van der Waals surface area (Å²) in [6, 6.07) is 14.2. The third kappa shape index (κ3) is 5.26. The molecule has 0 saturated carbocycles. The van der Waals surface area contributed by atoms with Crippen LogP contribution in [-0.2, 0) is 4.79 Å². The summed E-state index contributed by atoms with van der Waals surface area (Å²) in [6.45, 7) is 11.8. The second kappa shape index (κ2) is 9.60. The lowest BCUT2D eigenvalue weighted by atomic mass is 10.1. The number of hydrogen-bond acceptors (Lipinski definition) is 4. The normalized spacial score (nSPS) is 14.8. The zero-order valence-corrected chi connectivity index (χ0v) is 17.2. The Morgan fingerprint density at radius 1 is 1.07 bits per heavy atom. The first kappa shape index (κ1) is 20.2. The number of benzene rings is 2. The van der Waals surface area contributed by atoms with Gasteiger partial charge in [0.15, 0.2) is 0 Å². The third-order valence-electron chi connectivity index (χ3n) is 5.27. The lowest BCUT2D eigenvalue weighted by Gasteiger charge is -2.36. The van der Waals surface area contributed by atoms with Crippen LogP contribution in [-0.4, -0.2) is 50.1 Å². The predicted octanol–water partition coefficient (Wildman–Crippen LogP) is 3.85. The number of hydrogen-bond donors (Lipinski definition) is 1. The van der Waals surface area contributed by atoms with Gasteiger partial charge in [0.05, 0.1) is 24.4 Å². The maximum Gasteiger partial charge on any atom is 0.227 e. The summed E-state index contributed by atoms with van der Waals surface area (Å²) in [7, 11) is 0. The van der Waals surface area contributed by atoms with E-state index in [4.69, 9.17) is 4.74 Å². The fourth-order valence-corrected chi connectivity index (χ4v) is 3.49. The molecule has 1 N–H and O–H groups in total. The fourth-order valence-electron chi connectivity index (χ4n) is 3.49. The minimum atomic E-state index is -0.0232. The number of ether oxygens (including phenoxy) is 1. The highest BCUT2D eigenvalue weighted by Crippen LogP contribution is 2.27. The molecule has 0 spiro atoms. The van der Waals surface area contributed by atoms with Gasteiger partial charge >= 0.3 is 0 Å². The van der Waals surface area contributed by atoms with Gasteiger partial charge in [-0.2, -0.15) is 0 Å². The van der Waals surface area contributed by atoms with Gasteiger partial charge in [0.25, 0.3) is 0 Å². The van der Waals surface area contributed by atoms with Crippen LogP contribution in [0.2, 0.25) is 0 Å². The average Bonchev–Trinajstić information content (AvgIpc) is 2.71. The van der Waals surface area contributed by atoms with E-state index in [0.717, 1.165) is 61.0 Å². The summed E-state index contributed by atoms with van der Waals surface area (Å²) in [4.78, 5) is 17.3. The van der Waals surface area contributed by atoms with Gasteiger partial charge in [-0.3, -0.25) is 4.79 Å². The molecular formula is C23H31N3O2. The van der Waals surface area contributed by atoms with E-state index in [-0.39, 0.29) is 5.91 Å². The van der Waals surface area contributed by atoms with E-state index in [1.807, 2.05) is 44.2 Å². The van der Waals surface area contributed by atoms with E-state index < -0.39 is 0 Å². The number of rotatable bonds is 7. The van der Waals surface area contributed by atoms with Crippen LogP contribution in [0, 0.1) is 13.8 Å². The van der Waals surface area contributed by atoms with E-state index in [1.165, 1.54) is 0 Å². The van der Waals surface area contributed by atoms with Crippen molar-refractivity contribution in [2.24, 2.45) is 0 Å². The molecule has 150 valence electrons. The molecule has 3 rings (SSSR count). The minimum absolute atomic E-state index is 0.0232. The number of nitrogens with zero attached hydrogens (tertiary/aromatic N) is 2. The number of amides is 1. The molecule has 0 bridgehead atoms. The van der Waals surface area contributed by atoms with Crippen LogP contribution in [0.1, 0.15) is 24.5 Å². The Hall–Kier alpha value is -2.53. The molecule has 1 aliphatic heterocycles. The Labute approximate surface area is 168 Å². The molecule has 1 aliphatic rings. The van der Waals surface area contributed by atoms with Gasteiger partial charge in [-0.15, -0.1) is 0 Å². The number of likely N-dealkylation sites (N-methyl/N-ethyl adjacent to an activating group) is 1. The summed E-state index contributed by atoms with van der Waals surface area (Å²) >= 11 is 0. The van der Waals surface area contributed by atoms with Crippen molar-refractivity contribution in [2.45, 2.75) is 27.2 Å². The molecule has 1 amide bonds. The highest BCUT2D eigenvalue weighted by Gasteiger charge is 2.18. The first-order valence-corrected chi connectivity index (χ1v) is 10.1. The standard InChI is InChI=1S/C23H31N3O2/c1-4-25-12-14-26(15-13-25)21-8-6-5-7-20(21)24-23(27)11-16-28-22-17-18(2)9-10-19(22)3/h5-10,17H,4,11-16H2,1-3H3,(H,24,27). The first-order chi connectivity index (χ1) is 13.6. The van der Waals surface area contributed by atoms with Crippen LogP contribution >= 0.6 is 0 Å². The predicted molar refractivity (Wildman–Crippen MR) is 115 cm³/mol. The number of piperazine rings is 1. The SMILES string of the molecule is CCN1CCN(c2ccccc2NC(=O)CCOc2cc(C)ccc2C)CC1. The van der Waals surface area contributed by atoms with Crippen molar-refractivity contribution in [3.8, 4) is 5.75 Å². The maximum atomic E-state index is 12.5. The van der Waals surface area contributed by atoms with E-state index in [0.29, 0.717) is 13.0 Å². The quantitative estimate of drug-likeness (QED) is 0.791. The van der Waals surface area contributed by atoms with Gasteiger partial charge in [-0.05, 0) is 49.7 Å². The molecule has 5 nitrogen and oxygen atoms in total. The second-order valence-corrected chi connectivity index (χ2v) is 7.35. The summed E-state index contributed by atoms with van der Waals surface area (Å²) in [5.41, 5.74) is 4.22. The zero-order chi connectivity index (χ0) is 19.9. The first-order valence-electron chi connectivity index (χ1n) is 10.1. The van der Waals surface area contributed by atoms with Gasteiger partial charge in [-0.25, -0.2) is 0 Å². The minimum Gasteiger partial charge on any atom is -0.493 e. The van der Waals surface area contributed by atoms with Crippen molar-refractivity contribution in [3.63, 3.8) is 0 Å². The van der Waals surface area contributed by atoms with Crippen molar-refractivity contribution in [1.82, 2.24) is 4.90 Å². The van der Waals surface area contributed by atoms with Crippen molar-refractivity contribution >= 4 is 17.3 Å². The third-order valence-corrected chi connectivity index (χ3v) is 5.27. The van der Waals surface area contributed by atoms with Gasteiger partial charge in [0, 0.05) is 26.2 Å². The molecule has 0 aromatic heterocycles. The molecule has 0 atom stereocenters. The Kier molecular flexibility index (Phi) is 6.93. The maximum absolute atomic E-state index is 12.5. The van der Waals surface area contributed by atoms with Crippen molar-refractivity contribution < 1.29 is 9.53 Å². The number of aryl methyl sites for hydroxylation is 2. The summed E-state index contributed by atoms with van der Waals surface area (Å²) in [5, 5.41) is 3.07.